The number of nitrogens with zero attached hydrogens (tertiary/aromatic N) is 3. The summed E-state index contributed by atoms with van der Waals surface area (Å²) >= 11 is 3.27. The van der Waals surface area contributed by atoms with Gasteiger partial charge in [-0.05, 0) is 43.2 Å². The van der Waals surface area contributed by atoms with Gasteiger partial charge in [0.2, 0.25) is 0 Å². The first-order valence-electron chi connectivity index (χ1n) is 8.09. The minimum absolute atomic E-state index is 0.211. The molecule has 1 saturated heterocycles. The van der Waals surface area contributed by atoms with Gasteiger partial charge in [0.25, 0.3) is 5.91 Å². The average Bonchev–Trinajstić information content (AvgIpc) is 2.99. The molecule has 0 aromatic carbocycles. The topological polar surface area (TPSA) is 36.4 Å². The number of rotatable bonds is 4. The van der Waals surface area contributed by atoms with E-state index in [9.17, 15) is 4.79 Å². The summed E-state index contributed by atoms with van der Waals surface area (Å²) in [7, 11) is 2.21. The van der Waals surface area contributed by atoms with Crippen molar-refractivity contribution in [3.8, 4) is 0 Å². The maximum Gasteiger partial charge on any atom is 0.263 e. The highest BCUT2D eigenvalue weighted by Gasteiger charge is 2.56. The molecule has 6 heteroatoms. The van der Waals surface area contributed by atoms with Crippen molar-refractivity contribution in [2.75, 3.05) is 20.1 Å². The van der Waals surface area contributed by atoms with Gasteiger partial charge in [-0.1, -0.05) is 6.07 Å². The molecule has 2 fully saturated rings. The van der Waals surface area contributed by atoms with Crippen LogP contribution in [0.3, 0.4) is 0 Å². The maximum atomic E-state index is 12.4. The van der Waals surface area contributed by atoms with Crippen molar-refractivity contribution in [2.45, 2.75) is 31.8 Å². The molecular weight excluding hydrogens is 326 g/mol. The Bertz CT molecular complexity index is 660. The molecule has 1 amide bonds. The molecule has 0 radical (unpaired) electrons. The summed E-state index contributed by atoms with van der Waals surface area (Å²) in [6, 6.07) is 4.54. The van der Waals surface area contributed by atoms with E-state index in [2.05, 4.69) is 16.9 Å². The fourth-order valence-corrected chi connectivity index (χ4v) is 5.22. The molecule has 0 N–H and O–H groups in total. The number of aromatic nitrogens is 1. The Balaban J connectivity index is 1.32. The molecule has 1 aliphatic heterocycles. The number of thiophene rings is 1. The molecule has 3 heterocycles. The van der Waals surface area contributed by atoms with Gasteiger partial charge < -0.3 is 4.90 Å². The first-order chi connectivity index (χ1) is 11.2. The van der Waals surface area contributed by atoms with Gasteiger partial charge in [0, 0.05) is 30.7 Å². The molecule has 1 aliphatic carbocycles. The van der Waals surface area contributed by atoms with E-state index in [0.717, 1.165) is 37.4 Å². The molecule has 1 atom stereocenters. The number of thiazole rings is 1. The Labute approximate surface area is 144 Å². The summed E-state index contributed by atoms with van der Waals surface area (Å²) in [4.78, 5) is 22.2. The molecular formula is C17H21N3OS2. The molecule has 4 nitrogen and oxygen atoms in total. The third-order valence-corrected chi connectivity index (χ3v) is 6.95. The second kappa shape index (κ2) is 6.00. The summed E-state index contributed by atoms with van der Waals surface area (Å²) in [5, 5.41) is 5.21. The van der Waals surface area contributed by atoms with Gasteiger partial charge in [0.05, 0.1) is 11.4 Å². The van der Waals surface area contributed by atoms with Gasteiger partial charge in [0.15, 0.2) is 0 Å². The second-order valence-electron chi connectivity index (χ2n) is 6.69. The summed E-state index contributed by atoms with van der Waals surface area (Å²) < 4.78 is 0. The van der Waals surface area contributed by atoms with Crippen LogP contribution in [0.1, 0.15) is 33.9 Å². The summed E-state index contributed by atoms with van der Waals surface area (Å²) in [6.07, 6.45) is 5.43. The van der Waals surface area contributed by atoms with Crippen LogP contribution in [0.25, 0.3) is 0 Å². The van der Waals surface area contributed by atoms with Crippen molar-refractivity contribution in [1.82, 2.24) is 14.8 Å². The van der Waals surface area contributed by atoms with E-state index in [-0.39, 0.29) is 5.91 Å². The summed E-state index contributed by atoms with van der Waals surface area (Å²) in [6.45, 7) is 2.75. The van der Waals surface area contributed by atoms with Gasteiger partial charge in [0.1, 0.15) is 5.01 Å². The summed E-state index contributed by atoms with van der Waals surface area (Å²) in [5.41, 5.74) is 0.443. The normalized spacial score (nSPS) is 22.7. The van der Waals surface area contributed by atoms with Crippen LogP contribution < -0.4 is 0 Å². The van der Waals surface area contributed by atoms with E-state index < -0.39 is 0 Å². The van der Waals surface area contributed by atoms with Crippen molar-refractivity contribution in [1.29, 1.82) is 0 Å². The summed E-state index contributed by atoms with van der Waals surface area (Å²) in [5.74, 6) is 0.211. The lowest BCUT2D eigenvalue weighted by Crippen LogP contribution is -2.41. The number of carbonyl (C=O) groups excluding carboxylic acids is 1. The van der Waals surface area contributed by atoms with Crippen LogP contribution >= 0.6 is 22.7 Å². The highest BCUT2D eigenvalue weighted by atomic mass is 32.1. The number of hydrogen-bond donors (Lipinski definition) is 0. The number of hydrogen-bond acceptors (Lipinski definition) is 5. The third-order valence-electron chi connectivity index (χ3n) is 5.33. The number of carbonyl (C=O) groups is 1. The monoisotopic (exact) mass is 347 g/mol. The fourth-order valence-electron chi connectivity index (χ4n) is 3.85. The molecule has 0 bridgehead atoms. The van der Waals surface area contributed by atoms with E-state index in [1.54, 1.807) is 22.7 Å². The van der Waals surface area contributed by atoms with Gasteiger partial charge in [-0.25, -0.2) is 4.98 Å². The van der Waals surface area contributed by atoms with Crippen molar-refractivity contribution in [3.05, 3.63) is 39.0 Å². The largest absolute Gasteiger partial charge is 0.338 e. The molecule has 23 heavy (non-hydrogen) atoms. The Morgan fingerprint density at radius 2 is 2.22 bits per heavy atom. The van der Waals surface area contributed by atoms with Crippen LogP contribution in [0.4, 0.5) is 0 Å². The molecule has 2 aliphatic rings. The average molecular weight is 348 g/mol. The zero-order valence-electron chi connectivity index (χ0n) is 13.3. The first-order valence-corrected chi connectivity index (χ1v) is 9.85. The van der Waals surface area contributed by atoms with Crippen LogP contribution in [0.5, 0.6) is 0 Å². The molecule has 122 valence electrons. The molecule has 1 unspecified atom stereocenters. The van der Waals surface area contributed by atoms with Gasteiger partial charge in [-0.15, -0.1) is 22.7 Å². The SMILES string of the molecule is CN(Cc1nccs1)C1CC12CCN(C(=O)c1cccs1)CC2. The smallest absolute Gasteiger partial charge is 0.263 e. The highest BCUT2D eigenvalue weighted by Crippen LogP contribution is 2.56. The Kier molecular flexibility index (Phi) is 3.99. The number of likely N-dealkylation sites (tertiary alicyclic amines) is 1. The minimum atomic E-state index is 0.211. The zero-order valence-corrected chi connectivity index (χ0v) is 14.9. The number of amides is 1. The maximum absolute atomic E-state index is 12.4. The lowest BCUT2D eigenvalue weighted by Gasteiger charge is -2.34. The van der Waals surface area contributed by atoms with Crippen LogP contribution in [-0.2, 0) is 6.54 Å². The van der Waals surface area contributed by atoms with Crippen molar-refractivity contribution < 1.29 is 4.79 Å². The van der Waals surface area contributed by atoms with Crippen LogP contribution in [0, 0.1) is 5.41 Å². The second-order valence-corrected chi connectivity index (χ2v) is 8.62. The lowest BCUT2D eigenvalue weighted by atomic mass is 9.92. The van der Waals surface area contributed by atoms with Crippen LogP contribution in [-0.4, -0.2) is 46.9 Å². The van der Waals surface area contributed by atoms with E-state index in [0.29, 0.717) is 11.5 Å². The third kappa shape index (κ3) is 2.95. The van der Waals surface area contributed by atoms with Gasteiger partial charge >= 0.3 is 0 Å². The van der Waals surface area contributed by atoms with E-state index in [4.69, 9.17) is 0 Å². The van der Waals surface area contributed by atoms with Crippen LogP contribution in [0.15, 0.2) is 29.1 Å². The van der Waals surface area contributed by atoms with Gasteiger partial charge in [-0.3, -0.25) is 9.69 Å². The Morgan fingerprint density at radius 3 is 2.87 bits per heavy atom. The predicted octanol–water partition coefficient (Wildman–Crippen LogP) is 3.33. The van der Waals surface area contributed by atoms with Crippen molar-refractivity contribution in [3.63, 3.8) is 0 Å². The van der Waals surface area contributed by atoms with E-state index in [1.807, 2.05) is 34.0 Å². The van der Waals surface area contributed by atoms with Crippen LogP contribution in [0.2, 0.25) is 0 Å². The fraction of sp³-hybridized carbons (Fsp3) is 0.529. The molecule has 4 rings (SSSR count). The van der Waals surface area contributed by atoms with Crippen molar-refractivity contribution in [2.24, 2.45) is 5.41 Å². The molecule has 2 aromatic heterocycles. The van der Waals surface area contributed by atoms with E-state index in [1.165, 1.54) is 11.4 Å². The standard InChI is InChI=1S/C17H21N3OS2/c1-19(12-15-18-6-10-23-15)14-11-17(14)4-7-20(8-5-17)16(21)13-3-2-9-22-13/h2-3,6,9-10,14H,4-5,7-8,11-12H2,1H3. The zero-order chi connectivity index (χ0) is 15.9. The predicted molar refractivity (Wildman–Crippen MR) is 93.9 cm³/mol. The lowest BCUT2D eigenvalue weighted by molar-refractivity contribution is 0.0662. The quantitative estimate of drug-likeness (QED) is 0.851. The molecule has 2 aromatic rings. The first kappa shape index (κ1) is 15.3. The molecule has 1 spiro atoms. The van der Waals surface area contributed by atoms with Gasteiger partial charge in [-0.2, -0.15) is 0 Å². The molecule has 1 saturated carbocycles. The Morgan fingerprint density at radius 1 is 1.39 bits per heavy atom. The van der Waals surface area contributed by atoms with Crippen molar-refractivity contribution >= 4 is 28.6 Å². The van der Waals surface area contributed by atoms with E-state index >= 15 is 0 Å². The minimum Gasteiger partial charge on any atom is -0.338 e. The Hall–Kier alpha value is -1.24. The highest BCUT2D eigenvalue weighted by molar-refractivity contribution is 7.12. The number of piperidine rings is 1.